The summed E-state index contributed by atoms with van der Waals surface area (Å²) in [4.78, 5) is 15.4. The average Bonchev–Trinajstić information content (AvgIpc) is 3.25. The van der Waals surface area contributed by atoms with Crippen LogP contribution in [0.5, 0.6) is 0 Å². The van der Waals surface area contributed by atoms with Gasteiger partial charge < -0.3 is 10.2 Å². The monoisotopic (exact) mass is 439 g/mol. The van der Waals surface area contributed by atoms with Gasteiger partial charge in [-0.2, -0.15) is 0 Å². The molecule has 3 heterocycles. The third-order valence-corrected chi connectivity index (χ3v) is 7.84. The van der Waals surface area contributed by atoms with E-state index in [9.17, 15) is 13.2 Å². The Morgan fingerprint density at radius 2 is 2.11 bits per heavy atom. The summed E-state index contributed by atoms with van der Waals surface area (Å²) in [5, 5.41) is 3.34. The molecule has 1 atom stereocenters. The lowest BCUT2D eigenvalue weighted by molar-refractivity contribution is -0.118. The van der Waals surface area contributed by atoms with Crippen molar-refractivity contribution in [2.24, 2.45) is 0 Å². The Hall–Kier alpha value is -1.45. The van der Waals surface area contributed by atoms with E-state index in [0.717, 1.165) is 30.1 Å². The third kappa shape index (κ3) is 4.41. The van der Waals surface area contributed by atoms with Crippen LogP contribution in [0.3, 0.4) is 0 Å². The molecule has 1 fully saturated rings. The van der Waals surface area contributed by atoms with E-state index in [1.807, 2.05) is 18.2 Å². The number of nitrogens with zero attached hydrogens (tertiary/aromatic N) is 1. The minimum absolute atomic E-state index is 0.0574. The topological polar surface area (TPSA) is 78.5 Å². The van der Waals surface area contributed by atoms with Crippen LogP contribution >= 0.6 is 22.9 Å². The number of carbonyl (C=O) groups excluding carboxylic acids is 1. The highest BCUT2D eigenvalue weighted by molar-refractivity contribution is 7.89. The number of sulfonamides is 1. The van der Waals surface area contributed by atoms with Gasteiger partial charge in [-0.1, -0.05) is 17.7 Å². The molecule has 0 saturated carbocycles. The first kappa shape index (κ1) is 19.8. The summed E-state index contributed by atoms with van der Waals surface area (Å²) >= 11 is 7.26. The third-order valence-electron chi connectivity index (χ3n) is 5.16. The molecule has 1 aromatic heterocycles. The SMILES string of the molecule is O=C1[C@@H](NS(=O)(=O)CCc2ccc(Cl)s2)CCN1c1ccc2c(c1)CNCC2. The molecule has 6 nitrogen and oxygen atoms in total. The second kappa shape index (κ2) is 8.12. The maximum absolute atomic E-state index is 12.8. The summed E-state index contributed by atoms with van der Waals surface area (Å²) in [6.07, 6.45) is 1.84. The van der Waals surface area contributed by atoms with Crippen LogP contribution in [0.1, 0.15) is 22.4 Å². The van der Waals surface area contributed by atoms with Crippen LogP contribution in [-0.2, 0) is 34.2 Å². The van der Waals surface area contributed by atoms with Gasteiger partial charge >= 0.3 is 0 Å². The maximum atomic E-state index is 12.8. The molecule has 0 unspecified atom stereocenters. The molecular weight excluding hydrogens is 418 g/mol. The van der Waals surface area contributed by atoms with Gasteiger partial charge in [0, 0.05) is 23.7 Å². The molecule has 2 aliphatic rings. The number of aryl methyl sites for hydroxylation is 1. The predicted molar refractivity (Wildman–Crippen MR) is 113 cm³/mol. The highest BCUT2D eigenvalue weighted by Crippen LogP contribution is 2.26. The van der Waals surface area contributed by atoms with E-state index in [1.54, 1.807) is 11.0 Å². The fourth-order valence-electron chi connectivity index (χ4n) is 3.68. The number of nitrogens with one attached hydrogen (secondary N) is 2. The van der Waals surface area contributed by atoms with Crippen LogP contribution in [0.25, 0.3) is 0 Å². The molecule has 0 bridgehead atoms. The van der Waals surface area contributed by atoms with Crippen molar-refractivity contribution in [3.05, 3.63) is 50.7 Å². The van der Waals surface area contributed by atoms with Crippen LogP contribution in [0, 0.1) is 0 Å². The van der Waals surface area contributed by atoms with Gasteiger partial charge in [0.05, 0.1) is 10.1 Å². The molecule has 0 spiro atoms. The molecule has 0 radical (unpaired) electrons. The lowest BCUT2D eigenvalue weighted by Crippen LogP contribution is -2.42. The first-order valence-corrected chi connectivity index (χ1v) is 12.1. The predicted octanol–water partition coefficient (Wildman–Crippen LogP) is 2.31. The fourth-order valence-corrected chi connectivity index (χ4v) is 6.15. The average molecular weight is 440 g/mol. The van der Waals surface area contributed by atoms with E-state index in [1.165, 1.54) is 22.5 Å². The zero-order valence-corrected chi connectivity index (χ0v) is 17.7. The second-order valence-corrected chi connectivity index (χ2v) is 10.8. The Labute approximate surface area is 173 Å². The number of halogens is 1. The van der Waals surface area contributed by atoms with E-state index < -0.39 is 16.1 Å². The van der Waals surface area contributed by atoms with E-state index in [4.69, 9.17) is 11.6 Å². The maximum Gasteiger partial charge on any atom is 0.245 e. The Kier molecular flexibility index (Phi) is 5.76. The van der Waals surface area contributed by atoms with Gasteiger partial charge in [-0.3, -0.25) is 4.79 Å². The minimum Gasteiger partial charge on any atom is -0.312 e. The van der Waals surface area contributed by atoms with Crippen molar-refractivity contribution in [3.63, 3.8) is 0 Å². The zero-order valence-electron chi connectivity index (χ0n) is 15.3. The Balaban J connectivity index is 1.39. The highest BCUT2D eigenvalue weighted by Gasteiger charge is 2.35. The molecule has 1 saturated heterocycles. The first-order valence-electron chi connectivity index (χ1n) is 9.29. The van der Waals surface area contributed by atoms with Gasteiger partial charge in [0.25, 0.3) is 0 Å². The number of amides is 1. The Morgan fingerprint density at radius 1 is 1.25 bits per heavy atom. The summed E-state index contributed by atoms with van der Waals surface area (Å²) in [7, 11) is -3.55. The lowest BCUT2D eigenvalue weighted by atomic mass is 10.0. The van der Waals surface area contributed by atoms with Crippen molar-refractivity contribution in [1.82, 2.24) is 10.0 Å². The molecule has 2 aliphatic heterocycles. The van der Waals surface area contributed by atoms with Crippen molar-refractivity contribution in [2.45, 2.75) is 31.8 Å². The molecule has 1 amide bonds. The van der Waals surface area contributed by atoms with Crippen LogP contribution in [0.2, 0.25) is 4.34 Å². The smallest absolute Gasteiger partial charge is 0.245 e. The van der Waals surface area contributed by atoms with Crippen molar-refractivity contribution in [3.8, 4) is 0 Å². The number of thiophene rings is 1. The first-order chi connectivity index (χ1) is 13.4. The molecular formula is C19H22ClN3O3S2. The molecule has 9 heteroatoms. The van der Waals surface area contributed by atoms with Crippen molar-refractivity contribution in [2.75, 3.05) is 23.7 Å². The van der Waals surface area contributed by atoms with Crippen LogP contribution < -0.4 is 14.9 Å². The van der Waals surface area contributed by atoms with Crippen LogP contribution in [0.15, 0.2) is 30.3 Å². The number of rotatable bonds is 6. The Morgan fingerprint density at radius 3 is 2.89 bits per heavy atom. The number of carbonyl (C=O) groups is 1. The molecule has 2 N–H and O–H groups in total. The lowest BCUT2D eigenvalue weighted by Gasteiger charge is -2.22. The number of hydrogen-bond acceptors (Lipinski definition) is 5. The van der Waals surface area contributed by atoms with Crippen molar-refractivity contribution >= 4 is 44.6 Å². The molecule has 150 valence electrons. The van der Waals surface area contributed by atoms with E-state index in [0.29, 0.717) is 23.7 Å². The number of anilines is 1. The summed E-state index contributed by atoms with van der Waals surface area (Å²) in [6.45, 7) is 2.28. The van der Waals surface area contributed by atoms with Gasteiger partial charge in [0.15, 0.2) is 0 Å². The van der Waals surface area contributed by atoms with Crippen molar-refractivity contribution in [1.29, 1.82) is 0 Å². The second-order valence-electron chi connectivity index (χ2n) is 7.10. The fraction of sp³-hybridized carbons (Fsp3) is 0.421. The van der Waals surface area contributed by atoms with Gasteiger partial charge in [-0.05, 0) is 61.2 Å². The quantitative estimate of drug-likeness (QED) is 0.724. The van der Waals surface area contributed by atoms with Gasteiger partial charge in [0.1, 0.15) is 6.04 Å². The van der Waals surface area contributed by atoms with Crippen LogP contribution in [0.4, 0.5) is 5.69 Å². The molecule has 28 heavy (non-hydrogen) atoms. The summed E-state index contributed by atoms with van der Waals surface area (Å²) in [6, 6.07) is 8.95. The summed E-state index contributed by atoms with van der Waals surface area (Å²) < 4.78 is 28.1. The minimum atomic E-state index is -3.55. The van der Waals surface area contributed by atoms with Crippen molar-refractivity contribution < 1.29 is 13.2 Å². The number of benzene rings is 1. The highest BCUT2D eigenvalue weighted by atomic mass is 35.5. The van der Waals surface area contributed by atoms with E-state index in [-0.39, 0.29) is 11.7 Å². The van der Waals surface area contributed by atoms with Gasteiger partial charge in [-0.15, -0.1) is 11.3 Å². The number of hydrogen-bond donors (Lipinski definition) is 2. The standard InChI is InChI=1S/C19H22ClN3O3S2/c20-18-4-3-16(27-18)7-10-28(25,26)22-17-6-9-23(19(17)24)15-2-1-13-5-8-21-12-14(13)11-15/h1-4,11,17,21-22H,5-10,12H2/t17-/m0/s1. The number of fused-ring (bicyclic) bond motifs is 1. The molecule has 0 aliphatic carbocycles. The Bertz CT molecular complexity index is 990. The normalized spacial score (nSPS) is 19.8. The summed E-state index contributed by atoms with van der Waals surface area (Å²) in [5.41, 5.74) is 3.35. The molecule has 1 aromatic carbocycles. The van der Waals surface area contributed by atoms with E-state index in [2.05, 4.69) is 16.1 Å². The van der Waals surface area contributed by atoms with Gasteiger partial charge in [-0.25, -0.2) is 13.1 Å². The summed E-state index contributed by atoms with van der Waals surface area (Å²) in [5.74, 6) is -0.246. The van der Waals surface area contributed by atoms with Gasteiger partial charge in [0.2, 0.25) is 15.9 Å². The van der Waals surface area contributed by atoms with E-state index >= 15 is 0 Å². The largest absolute Gasteiger partial charge is 0.312 e. The molecule has 4 rings (SSSR count). The van der Waals surface area contributed by atoms with Crippen LogP contribution in [-0.4, -0.2) is 39.2 Å². The molecule has 2 aromatic rings. The zero-order chi connectivity index (χ0) is 19.7.